The van der Waals surface area contributed by atoms with Gasteiger partial charge in [-0.2, -0.15) is 5.26 Å². The van der Waals surface area contributed by atoms with Crippen LogP contribution in [0.2, 0.25) is 0 Å². The highest BCUT2D eigenvalue weighted by Gasteiger charge is 2.32. The molecule has 3 rings (SSSR count). The molecule has 1 aliphatic heterocycles. The van der Waals surface area contributed by atoms with Gasteiger partial charge in [0.15, 0.2) is 0 Å². The number of aromatic nitrogens is 3. The number of nitrogens with one attached hydrogen (secondary N) is 2. The number of anilines is 1. The van der Waals surface area contributed by atoms with Crippen molar-refractivity contribution >= 4 is 34.9 Å². The summed E-state index contributed by atoms with van der Waals surface area (Å²) in [5.41, 5.74) is 0.647. The maximum atomic E-state index is 12.3. The second kappa shape index (κ2) is 12.1. The van der Waals surface area contributed by atoms with E-state index in [1.54, 1.807) is 4.90 Å². The van der Waals surface area contributed by atoms with Crippen molar-refractivity contribution in [2.45, 2.75) is 51.2 Å². The van der Waals surface area contributed by atoms with Crippen molar-refractivity contribution in [3.63, 3.8) is 0 Å². The summed E-state index contributed by atoms with van der Waals surface area (Å²) in [4.78, 5) is 47.0. The van der Waals surface area contributed by atoms with Gasteiger partial charge < -0.3 is 35.2 Å². The zero-order valence-electron chi connectivity index (χ0n) is 20.4. The standard InChI is InChI=1S/C23H32N8O5/c1-15-6-10-30(19(32)5-8-24)13-18(15)29(2)20-17-7-11-31(21(17)27-14-26-20)12-16(28-23(35)36)4-3-9-25-22(33)34/h7,11,14-16,18,25,28H,3-6,9-10,12-13H2,1-2H3,(H,33,34)(H,35,36)/t15-,16?,18+/m1/s1. The molecule has 13 nitrogen and oxygen atoms in total. The molecular formula is C23H32N8O5. The van der Waals surface area contributed by atoms with Gasteiger partial charge in [0.2, 0.25) is 5.91 Å². The zero-order valence-corrected chi connectivity index (χ0v) is 20.4. The number of carbonyl (C=O) groups is 3. The summed E-state index contributed by atoms with van der Waals surface area (Å²) < 4.78 is 1.85. The fourth-order valence-corrected chi connectivity index (χ4v) is 4.70. The van der Waals surface area contributed by atoms with Crippen LogP contribution in [0.25, 0.3) is 11.0 Å². The average molecular weight is 501 g/mol. The molecule has 0 bridgehead atoms. The molecule has 0 aliphatic carbocycles. The molecule has 1 unspecified atom stereocenters. The Morgan fingerprint density at radius 2 is 2.08 bits per heavy atom. The van der Waals surface area contributed by atoms with E-state index in [0.29, 0.717) is 49.9 Å². The first kappa shape index (κ1) is 26.5. The lowest BCUT2D eigenvalue weighted by molar-refractivity contribution is -0.131. The van der Waals surface area contributed by atoms with Crippen LogP contribution < -0.4 is 15.5 Å². The number of fused-ring (bicyclic) bond motifs is 1. The Balaban J connectivity index is 1.78. The normalized spacial score (nSPS) is 18.3. The number of hydrogen-bond donors (Lipinski definition) is 4. The molecule has 3 heterocycles. The monoisotopic (exact) mass is 500 g/mol. The van der Waals surface area contributed by atoms with Crippen LogP contribution in [0.4, 0.5) is 15.4 Å². The Bertz CT molecular complexity index is 1130. The zero-order chi connectivity index (χ0) is 26.2. The van der Waals surface area contributed by atoms with Crippen molar-refractivity contribution in [1.82, 2.24) is 30.1 Å². The van der Waals surface area contributed by atoms with Crippen molar-refractivity contribution in [2.75, 3.05) is 31.6 Å². The van der Waals surface area contributed by atoms with Crippen LogP contribution in [0.3, 0.4) is 0 Å². The number of likely N-dealkylation sites (tertiary alicyclic amines) is 1. The average Bonchev–Trinajstić information content (AvgIpc) is 3.24. The van der Waals surface area contributed by atoms with E-state index in [9.17, 15) is 19.5 Å². The van der Waals surface area contributed by atoms with Crippen molar-refractivity contribution in [1.29, 1.82) is 5.26 Å². The van der Waals surface area contributed by atoms with Crippen molar-refractivity contribution in [3.8, 4) is 6.07 Å². The summed E-state index contributed by atoms with van der Waals surface area (Å²) in [5, 5.41) is 32.4. The molecule has 0 aromatic carbocycles. The minimum atomic E-state index is -1.15. The smallest absolute Gasteiger partial charge is 0.404 e. The predicted molar refractivity (Wildman–Crippen MR) is 131 cm³/mol. The number of likely N-dealkylation sites (N-methyl/N-ethyl adjacent to an activating group) is 1. The van der Waals surface area contributed by atoms with Crippen LogP contribution in [0.1, 0.15) is 32.6 Å². The van der Waals surface area contributed by atoms with Gasteiger partial charge in [0.05, 0.1) is 23.5 Å². The van der Waals surface area contributed by atoms with Gasteiger partial charge in [0.1, 0.15) is 24.2 Å². The van der Waals surface area contributed by atoms with Crippen LogP contribution >= 0.6 is 0 Å². The van der Waals surface area contributed by atoms with E-state index >= 15 is 0 Å². The summed E-state index contributed by atoms with van der Waals surface area (Å²) in [7, 11) is 1.93. The highest BCUT2D eigenvalue weighted by Crippen LogP contribution is 2.29. The maximum Gasteiger partial charge on any atom is 0.404 e. The summed E-state index contributed by atoms with van der Waals surface area (Å²) in [6, 6.07) is 3.38. The molecule has 0 radical (unpaired) electrons. The molecule has 36 heavy (non-hydrogen) atoms. The number of rotatable bonds is 10. The molecule has 194 valence electrons. The van der Waals surface area contributed by atoms with Gasteiger partial charge in [-0.15, -0.1) is 0 Å². The van der Waals surface area contributed by atoms with Gasteiger partial charge in [-0.25, -0.2) is 19.6 Å². The number of nitriles is 1. The third kappa shape index (κ3) is 6.53. The Hall–Kier alpha value is -4.08. The van der Waals surface area contributed by atoms with Crippen LogP contribution in [0.5, 0.6) is 0 Å². The van der Waals surface area contributed by atoms with E-state index in [4.69, 9.17) is 10.4 Å². The number of carboxylic acid groups (broad SMARTS) is 2. The second-order valence-electron chi connectivity index (χ2n) is 9.04. The summed E-state index contributed by atoms with van der Waals surface area (Å²) in [6.07, 6.45) is 2.62. The second-order valence-corrected chi connectivity index (χ2v) is 9.04. The van der Waals surface area contributed by atoms with Gasteiger partial charge >= 0.3 is 12.2 Å². The van der Waals surface area contributed by atoms with E-state index in [1.807, 2.05) is 29.9 Å². The van der Waals surface area contributed by atoms with E-state index < -0.39 is 18.2 Å². The summed E-state index contributed by atoms with van der Waals surface area (Å²) >= 11 is 0. The number of carbonyl (C=O) groups excluding carboxylic acids is 1. The quantitative estimate of drug-likeness (QED) is 0.354. The molecule has 2 aromatic rings. The van der Waals surface area contributed by atoms with Crippen molar-refractivity contribution in [2.24, 2.45) is 5.92 Å². The number of hydrogen-bond acceptors (Lipinski definition) is 7. The maximum absolute atomic E-state index is 12.3. The third-order valence-electron chi connectivity index (χ3n) is 6.62. The molecule has 2 aromatic heterocycles. The lowest BCUT2D eigenvalue weighted by atomic mass is 9.92. The third-order valence-corrected chi connectivity index (χ3v) is 6.62. The van der Waals surface area contributed by atoms with Crippen molar-refractivity contribution < 1.29 is 24.6 Å². The molecule has 4 N–H and O–H groups in total. The van der Waals surface area contributed by atoms with Crippen LogP contribution in [-0.4, -0.2) is 86.5 Å². The molecular weight excluding hydrogens is 468 g/mol. The molecule has 13 heteroatoms. The first-order valence-corrected chi connectivity index (χ1v) is 11.8. The largest absolute Gasteiger partial charge is 0.465 e. The Kier molecular flexibility index (Phi) is 8.88. The fraction of sp³-hybridized carbons (Fsp3) is 0.565. The van der Waals surface area contributed by atoms with Crippen LogP contribution in [0.15, 0.2) is 18.6 Å². The lowest BCUT2D eigenvalue weighted by Gasteiger charge is -2.42. The van der Waals surface area contributed by atoms with E-state index in [2.05, 4.69) is 32.4 Å². The first-order valence-electron chi connectivity index (χ1n) is 11.8. The number of amides is 3. The van der Waals surface area contributed by atoms with Gasteiger partial charge in [0, 0.05) is 39.4 Å². The summed E-state index contributed by atoms with van der Waals surface area (Å²) in [5.74, 6) is 0.840. The van der Waals surface area contributed by atoms with E-state index in [0.717, 1.165) is 11.8 Å². The lowest BCUT2D eigenvalue weighted by Crippen LogP contribution is -2.52. The highest BCUT2D eigenvalue weighted by atomic mass is 16.4. The topological polar surface area (TPSA) is 177 Å². The minimum absolute atomic E-state index is 0.00556. The number of piperidine rings is 1. The molecule has 0 spiro atoms. The molecule has 1 fully saturated rings. The molecule has 1 aliphatic rings. The highest BCUT2D eigenvalue weighted by molar-refractivity contribution is 5.88. The van der Waals surface area contributed by atoms with E-state index in [1.165, 1.54) is 6.33 Å². The van der Waals surface area contributed by atoms with Crippen LogP contribution in [0, 0.1) is 17.2 Å². The van der Waals surface area contributed by atoms with Gasteiger partial charge in [-0.1, -0.05) is 6.92 Å². The van der Waals surface area contributed by atoms with Gasteiger partial charge in [-0.05, 0) is 31.2 Å². The molecule has 3 atom stereocenters. The Morgan fingerprint density at radius 1 is 1.31 bits per heavy atom. The van der Waals surface area contributed by atoms with E-state index in [-0.39, 0.29) is 24.9 Å². The Morgan fingerprint density at radius 3 is 2.78 bits per heavy atom. The van der Waals surface area contributed by atoms with Crippen molar-refractivity contribution in [3.05, 3.63) is 18.6 Å². The fourth-order valence-electron chi connectivity index (χ4n) is 4.70. The number of nitrogens with zero attached hydrogens (tertiary/aromatic N) is 6. The predicted octanol–water partition coefficient (Wildman–Crippen LogP) is 1.70. The van der Waals surface area contributed by atoms with Gasteiger partial charge in [-0.3, -0.25) is 4.79 Å². The molecule has 1 saturated heterocycles. The molecule has 0 saturated carbocycles. The molecule has 3 amide bonds. The Labute approximate surface area is 208 Å². The summed E-state index contributed by atoms with van der Waals surface area (Å²) in [6.45, 7) is 3.81. The SMILES string of the molecule is C[C@@H]1CCN(C(=O)CC#N)C[C@@H]1N(C)c1ncnc2c1ccn2CC(CCCNC(=O)O)NC(=O)O. The van der Waals surface area contributed by atoms with Crippen LogP contribution in [-0.2, 0) is 11.3 Å². The first-order chi connectivity index (χ1) is 17.2. The minimum Gasteiger partial charge on any atom is -0.465 e. The van der Waals surface area contributed by atoms with Gasteiger partial charge in [0.25, 0.3) is 0 Å².